The van der Waals surface area contributed by atoms with Crippen molar-refractivity contribution in [3.8, 4) is 0 Å². The van der Waals surface area contributed by atoms with Gasteiger partial charge in [0.2, 0.25) is 5.91 Å². The van der Waals surface area contributed by atoms with Crippen LogP contribution in [-0.4, -0.2) is 17.1 Å². The minimum absolute atomic E-state index is 0.0140. The zero-order valence-corrected chi connectivity index (χ0v) is 13.2. The molecular formula is C17H16N2O2S. The number of aryl methyl sites for hydroxylation is 1. The molecule has 2 aromatic rings. The molecule has 5 heteroatoms. The average molecular weight is 312 g/mol. The van der Waals surface area contributed by atoms with Crippen LogP contribution >= 0.6 is 11.8 Å². The molecule has 1 unspecified atom stereocenters. The van der Waals surface area contributed by atoms with Gasteiger partial charge in [0.1, 0.15) is 0 Å². The smallest absolute Gasteiger partial charge is 0.255 e. The van der Waals surface area contributed by atoms with Crippen molar-refractivity contribution < 1.29 is 9.59 Å². The Bertz CT molecular complexity index is 758. The van der Waals surface area contributed by atoms with E-state index in [0.717, 1.165) is 16.1 Å². The molecule has 1 aliphatic heterocycles. The number of amides is 2. The van der Waals surface area contributed by atoms with Crippen molar-refractivity contribution in [1.29, 1.82) is 0 Å². The van der Waals surface area contributed by atoms with Crippen LogP contribution in [0.15, 0.2) is 47.4 Å². The maximum absolute atomic E-state index is 12.3. The van der Waals surface area contributed by atoms with E-state index >= 15 is 0 Å². The van der Waals surface area contributed by atoms with Crippen LogP contribution in [0.25, 0.3) is 0 Å². The summed E-state index contributed by atoms with van der Waals surface area (Å²) in [5.41, 5.74) is 2.99. The van der Waals surface area contributed by atoms with Crippen molar-refractivity contribution in [2.45, 2.75) is 24.0 Å². The maximum atomic E-state index is 12.3. The number of hydrogen-bond acceptors (Lipinski definition) is 3. The lowest BCUT2D eigenvalue weighted by molar-refractivity contribution is -0.115. The molecule has 3 rings (SSSR count). The third-order valence-corrected chi connectivity index (χ3v) is 4.74. The van der Waals surface area contributed by atoms with E-state index in [-0.39, 0.29) is 17.1 Å². The van der Waals surface area contributed by atoms with Crippen molar-refractivity contribution >= 4 is 35.0 Å². The van der Waals surface area contributed by atoms with Gasteiger partial charge in [0.15, 0.2) is 0 Å². The molecule has 1 atom stereocenters. The number of rotatable bonds is 2. The van der Waals surface area contributed by atoms with Crippen molar-refractivity contribution in [2.24, 2.45) is 0 Å². The number of carbonyl (C=O) groups is 2. The van der Waals surface area contributed by atoms with Crippen LogP contribution in [0, 0.1) is 6.92 Å². The van der Waals surface area contributed by atoms with Crippen molar-refractivity contribution in [3.63, 3.8) is 0 Å². The average Bonchev–Trinajstić information content (AvgIpc) is 2.49. The fourth-order valence-electron chi connectivity index (χ4n) is 2.31. The monoisotopic (exact) mass is 312 g/mol. The van der Waals surface area contributed by atoms with Gasteiger partial charge in [-0.25, -0.2) is 0 Å². The Morgan fingerprint density at radius 2 is 2.00 bits per heavy atom. The minimum Gasteiger partial charge on any atom is -0.324 e. The predicted octanol–water partition coefficient (Wildman–Crippen LogP) is 3.68. The zero-order valence-electron chi connectivity index (χ0n) is 12.3. The Morgan fingerprint density at radius 1 is 1.23 bits per heavy atom. The van der Waals surface area contributed by atoms with Gasteiger partial charge in [0.05, 0.1) is 10.9 Å². The molecule has 0 aromatic heterocycles. The van der Waals surface area contributed by atoms with E-state index in [1.165, 1.54) is 11.8 Å². The lowest BCUT2D eigenvalue weighted by Gasteiger charge is -2.22. The quantitative estimate of drug-likeness (QED) is 0.889. The third-order valence-electron chi connectivity index (χ3n) is 3.56. The number of hydrogen-bond donors (Lipinski definition) is 2. The first-order valence-corrected chi connectivity index (χ1v) is 7.91. The molecule has 22 heavy (non-hydrogen) atoms. The highest BCUT2D eigenvalue weighted by Gasteiger charge is 2.23. The van der Waals surface area contributed by atoms with Crippen molar-refractivity contribution in [3.05, 3.63) is 53.6 Å². The number of fused-ring (bicyclic) bond motifs is 1. The highest BCUT2D eigenvalue weighted by atomic mass is 32.2. The van der Waals surface area contributed by atoms with Gasteiger partial charge in [-0.3, -0.25) is 9.59 Å². The minimum atomic E-state index is -0.152. The fraction of sp³-hybridized carbons (Fsp3) is 0.176. The van der Waals surface area contributed by atoms with Crippen LogP contribution in [0.1, 0.15) is 22.8 Å². The van der Waals surface area contributed by atoms with Crippen LogP contribution in [-0.2, 0) is 4.79 Å². The first kappa shape index (κ1) is 14.7. The second-order valence-corrected chi connectivity index (χ2v) is 6.61. The molecule has 1 aliphatic rings. The van der Waals surface area contributed by atoms with Crippen LogP contribution in [0.3, 0.4) is 0 Å². The van der Waals surface area contributed by atoms with Crippen LogP contribution < -0.4 is 10.6 Å². The predicted molar refractivity (Wildman–Crippen MR) is 89.5 cm³/mol. The number of benzene rings is 2. The van der Waals surface area contributed by atoms with E-state index < -0.39 is 0 Å². The van der Waals surface area contributed by atoms with E-state index in [2.05, 4.69) is 10.6 Å². The molecule has 112 valence electrons. The molecule has 1 heterocycles. The Kier molecular flexibility index (Phi) is 3.90. The number of carbonyl (C=O) groups excluding carboxylic acids is 2. The maximum Gasteiger partial charge on any atom is 0.255 e. The Morgan fingerprint density at radius 3 is 2.77 bits per heavy atom. The van der Waals surface area contributed by atoms with Gasteiger partial charge in [0.25, 0.3) is 5.91 Å². The summed E-state index contributed by atoms with van der Waals surface area (Å²) in [6.45, 7) is 3.77. The summed E-state index contributed by atoms with van der Waals surface area (Å²) in [7, 11) is 0. The second-order valence-electron chi connectivity index (χ2n) is 5.23. The topological polar surface area (TPSA) is 58.2 Å². The standard InChI is InChI=1S/C17H16N2O2S/c1-10-5-3-4-6-13(10)17(21)18-12-7-8-15-14(9-12)19-16(20)11(2)22-15/h3-9,11H,1-2H3,(H,18,21)(H,19,20). The fourth-order valence-corrected chi connectivity index (χ4v) is 3.24. The highest BCUT2D eigenvalue weighted by Crippen LogP contribution is 2.37. The first-order chi connectivity index (χ1) is 10.5. The molecule has 2 amide bonds. The summed E-state index contributed by atoms with van der Waals surface area (Å²) in [6.07, 6.45) is 0. The number of anilines is 2. The molecule has 4 nitrogen and oxygen atoms in total. The number of nitrogens with one attached hydrogen (secondary N) is 2. The van der Waals surface area contributed by atoms with Gasteiger partial charge in [-0.05, 0) is 43.7 Å². The SMILES string of the molecule is Cc1ccccc1C(=O)Nc1ccc2c(c1)NC(=O)C(C)S2. The van der Waals surface area contributed by atoms with E-state index in [4.69, 9.17) is 0 Å². The molecule has 2 N–H and O–H groups in total. The van der Waals surface area contributed by atoms with Gasteiger partial charge in [-0.1, -0.05) is 18.2 Å². The van der Waals surface area contributed by atoms with E-state index in [9.17, 15) is 9.59 Å². The zero-order chi connectivity index (χ0) is 15.7. The molecule has 0 saturated carbocycles. The lowest BCUT2D eigenvalue weighted by atomic mass is 10.1. The van der Waals surface area contributed by atoms with Gasteiger partial charge in [0, 0.05) is 16.1 Å². The van der Waals surface area contributed by atoms with E-state index in [1.54, 1.807) is 12.1 Å². The first-order valence-electron chi connectivity index (χ1n) is 7.03. The Balaban J connectivity index is 1.82. The molecule has 0 spiro atoms. The second kappa shape index (κ2) is 5.85. The largest absolute Gasteiger partial charge is 0.324 e. The van der Waals surface area contributed by atoms with Crippen LogP contribution in [0.4, 0.5) is 11.4 Å². The van der Waals surface area contributed by atoms with Gasteiger partial charge < -0.3 is 10.6 Å². The highest BCUT2D eigenvalue weighted by molar-refractivity contribution is 8.00. The Hall–Kier alpha value is -2.27. The normalized spacial score (nSPS) is 16.6. The summed E-state index contributed by atoms with van der Waals surface area (Å²) in [4.78, 5) is 25.1. The van der Waals surface area contributed by atoms with E-state index in [0.29, 0.717) is 11.3 Å². The lowest BCUT2D eigenvalue weighted by Crippen LogP contribution is -2.26. The molecule has 0 bridgehead atoms. The van der Waals surface area contributed by atoms with Crippen molar-refractivity contribution in [2.75, 3.05) is 10.6 Å². The Labute approximate surface area is 133 Å². The molecule has 0 radical (unpaired) electrons. The molecule has 0 saturated heterocycles. The summed E-state index contributed by atoms with van der Waals surface area (Å²) >= 11 is 1.52. The van der Waals surface area contributed by atoms with Gasteiger partial charge >= 0.3 is 0 Å². The summed E-state index contributed by atoms with van der Waals surface area (Å²) in [5, 5.41) is 5.64. The molecule has 0 aliphatic carbocycles. The molecule has 2 aromatic carbocycles. The van der Waals surface area contributed by atoms with E-state index in [1.807, 2.05) is 44.2 Å². The van der Waals surface area contributed by atoms with Crippen molar-refractivity contribution in [1.82, 2.24) is 0 Å². The van der Waals surface area contributed by atoms with Gasteiger partial charge in [-0.2, -0.15) is 0 Å². The van der Waals surface area contributed by atoms with Crippen LogP contribution in [0.5, 0.6) is 0 Å². The summed E-state index contributed by atoms with van der Waals surface area (Å²) in [5.74, 6) is -0.166. The van der Waals surface area contributed by atoms with Crippen LogP contribution in [0.2, 0.25) is 0 Å². The molecular weight excluding hydrogens is 296 g/mol. The third kappa shape index (κ3) is 2.85. The molecule has 0 fully saturated rings. The summed E-state index contributed by atoms with van der Waals surface area (Å²) < 4.78 is 0. The summed E-state index contributed by atoms with van der Waals surface area (Å²) in [6, 6.07) is 13.0. The number of thioether (sulfide) groups is 1. The van der Waals surface area contributed by atoms with Gasteiger partial charge in [-0.15, -0.1) is 11.8 Å².